The van der Waals surface area contributed by atoms with E-state index in [1.54, 1.807) is 19.1 Å². The summed E-state index contributed by atoms with van der Waals surface area (Å²) in [4.78, 5) is 16.1. The number of aromatic nitrogens is 2. The van der Waals surface area contributed by atoms with Crippen LogP contribution >= 0.6 is 0 Å². The minimum atomic E-state index is -0.492. The Morgan fingerprint density at radius 3 is 2.62 bits per heavy atom. The monoisotopic (exact) mass is 520 g/mol. The first kappa shape index (κ1) is 29.6. The van der Waals surface area contributed by atoms with E-state index in [1.165, 1.54) is 11.1 Å². The van der Waals surface area contributed by atoms with Crippen molar-refractivity contribution in [2.24, 2.45) is 11.3 Å². The van der Waals surface area contributed by atoms with Crippen molar-refractivity contribution in [3.8, 4) is 0 Å². The summed E-state index contributed by atoms with van der Waals surface area (Å²) in [5, 5.41) is 7.58. The van der Waals surface area contributed by atoms with E-state index in [2.05, 4.69) is 28.2 Å². The molecule has 1 aliphatic heterocycles. The van der Waals surface area contributed by atoms with Crippen molar-refractivity contribution in [1.29, 1.82) is 0 Å². The van der Waals surface area contributed by atoms with Crippen molar-refractivity contribution < 1.29 is 23.7 Å². The van der Waals surface area contributed by atoms with Crippen molar-refractivity contribution in [3.05, 3.63) is 23.5 Å². The highest BCUT2D eigenvalue weighted by Gasteiger charge is 2.34. The van der Waals surface area contributed by atoms with E-state index < -0.39 is 5.60 Å². The standard InChI is InChI=1S/C28H48N4O5/c1-27(2,3)37-26(33)32(5)14-13-31(4)18-24-17-29-30-25(24)23-7-11-28(12-8-23,20-34-6)21-36-19-22-9-15-35-16-10-22/h7,17,22H,8-16,18-21H2,1-6H3,(H,29,30). The molecule has 0 bridgehead atoms. The topological polar surface area (TPSA) is 89.2 Å². The van der Waals surface area contributed by atoms with Crippen molar-refractivity contribution in [3.63, 3.8) is 0 Å². The highest BCUT2D eigenvalue weighted by Crippen LogP contribution is 2.40. The van der Waals surface area contributed by atoms with Crippen LogP contribution < -0.4 is 0 Å². The van der Waals surface area contributed by atoms with Crippen molar-refractivity contribution in [1.82, 2.24) is 20.0 Å². The van der Waals surface area contributed by atoms with Gasteiger partial charge in [-0.25, -0.2) is 4.79 Å². The number of amides is 1. The third-order valence-corrected chi connectivity index (χ3v) is 7.26. The second-order valence-corrected chi connectivity index (χ2v) is 11.8. The first-order valence-corrected chi connectivity index (χ1v) is 13.6. The lowest BCUT2D eigenvalue weighted by atomic mass is 9.75. The molecule has 2 aliphatic rings. The van der Waals surface area contributed by atoms with E-state index in [9.17, 15) is 4.79 Å². The van der Waals surface area contributed by atoms with Gasteiger partial charge in [-0.1, -0.05) is 6.08 Å². The summed E-state index contributed by atoms with van der Waals surface area (Å²) in [5.41, 5.74) is 3.12. The summed E-state index contributed by atoms with van der Waals surface area (Å²) < 4.78 is 22.8. The van der Waals surface area contributed by atoms with Gasteiger partial charge in [-0.3, -0.25) is 5.10 Å². The zero-order chi connectivity index (χ0) is 26.9. The van der Waals surface area contributed by atoms with Gasteiger partial charge < -0.3 is 28.7 Å². The van der Waals surface area contributed by atoms with E-state index >= 15 is 0 Å². The molecular formula is C28H48N4O5. The van der Waals surface area contributed by atoms with Crippen molar-refractivity contribution in [2.45, 2.75) is 65.0 Å². The fourth-order valence-electron chi connectivity index (χ4n) is 4.97. The van der Waals surface area contributed by atoms with Crippen LogP contribution in [0.5, 0.6) is 0 Å². The Morgan fingerprint density at radius 1 is 1.22 bits per heavy atom. The van der Waals surface area contributed by atoms with Crippen LogP contribution in [0.1, 0.15) is 64.1 Å². The molecule has 0 spiro atoms. The van der Waals surface area contributed by atoms with Crippen LogP contribution in [0.4, 0.5) is 4.79 Å². The summed E-state index contributed by atoms with van der Waals surface area (Å²) >= 11 is 0. The largest absolute Gasteiger partial charge is 0.444 e. The van der Waals surface area contributed by atoms with Crippen LogP contribution in [-0.4, -0.2) is 99.0 Å². The highest BCUT2D eigenvalue weighted by atomic mass is 16.6. The second-order valence-electron chi connectivity index (χ2n) is 11.8. The fourth-order valence-corrected chi connectivity index (χ4v) is 4.97. The number of hydrogen-bond acceptors (Lipinski definition) is 7. The fraction of sp³-hybridized carbons (Fsp3) is 0.786. The van der Waals surface area contributed by atoms with Gasteiger partial charge in [0.25, 0.3) is 0 Å². The second kappa shape index (κ2) is 13.7. The van der Waals surface area contributed by atoms with Crippen LogP contribution in [0.2, 0.25) is 0 Å². The molecule has 1 N–H and O–H groups in total. The van der Waals surface area contributed by atoms with Gasteiger partial charge in [0.05, 0.1) is 25.1 Å². The maximum absolute atomic E-state index is 12.2. The number of allylic oxidation sites excluding steroid dienone is 2. The van der Waals surface area contributed by atoms with Crippen LogP contribution in [0.25, 0.3) is 5.57 Å². The number of likely N-dealkylation sites (N-methyl/N-ethyl adjacent to an activating group) is 2. The molecule has 210 valence electrons. The van der Waals surface area contributed by atoms with E-state index in [-0.39, 0.29) is 11.5 Å². The molecule has 2 heterocycles. The van der Waals surface area contributed by atoms with E-state index in [4.69, 9.17) is 18.9 Å². The number of rotatable bonds is 12. The average molecular weight is 521 g/mol. The molecule has 1 unspecified atom stereocenters. The predicted molar refractivity (Wildman–Crippen MR) is 144 cm³/mol. The Hall–Kier alpha value is -1.94. The molecule has 9 heteroatoms. The molecule has 9 nitrogen and oxygen atoms in total. The number of nitrogens with one attached hydrogen (secondary N) is 1. The average Bonchev–Trinajstić information content (AvgIpc) is 3.30. The van der Waals surface area contributed by atoms with E-state index in [0.717, 1.165) is 77.3 Å². The van der Waals surface area contributed by atoms with Gasteiger partial charge in [0.15, 0.2) is 0 Å². The van der Waals surface area contributed by atoms with Gasteiger partial charge >= 0.3 is 6.09 Å². The summed E-state index contributed by atoms with van der Waals surface area (Å²) in [5.74, 6) is 0.608. The zero-order valence-electron chi connectivity index (χ0n) is 23.8. The number of hydrogen-bond donors (Lipinski definition) is 1. The Bertz CT molecular complexity index is 874. The van der Waals surface area contributed by atoms with Crippen LogP contribution in [0, 0.1) is 11.3 Å². The lowest BCUT2D eigenvalue weighted by Gasteiger charge is -2.36. The van der Waals surface area contributed by atoms with E-state index in [0.29, 0.717) is 19.1 Å². The molecule has 3 rings (SSSR count). The maximum atomic E-state index is 12.2. The Kier molecular flexibility index (Phi) is 11.0. The Morgan fingerprint density at radius 2 is 1.97 bits per heavy atom. The summed E-state index contributed by atoms with van der Waals surface area (Å²) in [6.07, 6.45) is 9.06. The van der Waals surface area contributed by atoms with Crippen molar-refractivity contribution in [2.75, 3.05) is 67.3 Å². The minimum Gasteiger partial charge on any atom is -0.444 e. The molecule has 1 fully saturated rings. The minimum absolute atomic E-state index is 0.0205. The number of carbonyl (C=O) groups excluding carboxylic acids is 1. The third kappa shape index (κ3) is 9.39. The van der Waals surface area contributed by atoms with Gasteiger partial charge in [0.1, 0.15) is 5.60 Å². The maximum Gasteiger partial charge on any atom is 0.410 e. The molecule has 0 saturated carbocycles. The number of ether oxygens (including phenoxy) is 4. The number of nitrogens with zero attached hydrogens (tertiary/aromatic N) is 3. The van der Waals surface area contributed by atoms with Crippen LogP contribution in [0.3, 0.4) is 0 Å². The van der Waals surface area contributed by atoms with Gasteiger partial charge in [-0.05, 0) is 71.4 Å². The van der Waals surface area contributed by atoms with Gasteiger partial charge in [-0.15, -0.1) is 0 Å². The summed E-state index contributed by atoms with van der Waals surface area (Å²) in [7, 11) is 5.62. The number of H-pyrrole nitrogens is 1. The normalized spacial score (nSPS) is 21.2. The first-order valence-electron chi connectivity index (χ1n) is 13.6. The quantitative estimate of drug-likeness (QED) is 0.438. The third-order valence-electron chi connectivity index (χ3n) is 7.26. The molecule has 1 amide bonds. The molecule has 1 atom stereocenters. The zero-order valence-corrected chi connectivity index (χ0v) is 23.8. The molecular weight excluding hydrogens is 472 g/mol. The number of aromatic amines is 1. The summed E-state index contributed by atoms with van der Waals surface area (Å²) in [6, 6.07) is 0. The lowest BCUT2D eigenvalue weighted by Crippen LogP contribution is -2.38. The molecule has 1 saturated heterocycles. The van der Waals surface area contributed by atoms with Crippen LogP contribution in [-0.2, 0) is 25.5 Å². The molecule has 1 aromatic heterocycles. The molecule has 0 aromatic carbocycles. The summed E-state index contributed by atoms with van der Waals surface area (Å²) in [6.45, 7) is 11.7. The van der Waals surface area contributed by atoms with Crippen molar-refractivity contribution >= 4 is 11.7 Å². The smallest absolute Gasteiger partial charge is 0.410 e. The van der Waals surface area contributed by atoms with E-state index in [1.807, 2.05) is 27.0 Å². The molecule has 1 aliphatic carbocycles. The SMILES string of the molecule is COCC1(COCC2CCOCC2)CC=C(c2[nH]ncc2CN(C)CCN(C)C(=O)OC(C)(C)C)CC1. The van der Waals surface area contributed by atoms with Gasteiger partial charge in [0.2, 0.25) is 0 Å². The number of carbonyl (C=O) groups is 1. The predicted octanol–water partition coefficient (Wildman–Crippen LogP) is 4.35. The number of methoxy groups -OCH3 is 1. The van der Waals surface area contributed by atoms with Crippen LogP contribution in [0.15, 0.2) is 12.3 Å². The molecule has 0 radical (unpaired) electrons. The molecule has 1 aromatic rings. The molecule has 37 heavy (non-hydrogen) atoms. The Balaban J connectivity index is 1.52. The van der Waals surface area contributed by atoms with Gasteiger partial charge in [-0.2, -0.15) is 5.10 Å². The van der Waals surface area contributed by atoms with Gasteiger partial charge in [0, 0.05) is 64.6 Å². The highest BCUT2D eigenvalue weighted by molar-refractivity contribution is 5.67. The Labute approximate surface area is 222 Å². The lowest BCUT2D eigenvalue weighted by molar-refractivity contribution is -0.0375. The first-order chi connectivity index (χ1) is 17.6.